The van der Waals surface area contributed by atoms with E-state index in [0.717, 1.165) is 10.5 Å². The monoisotopic (exact) mass is 365 g/mol. The molecule has 0 spiro atoms. The fourth-order valence-corrected chi connectivity index (χ4v) is 3.03. The first-order valence-electron chi connectivity index (χ1n) is 8.65. The second-order valence-corrected chi connectivity index (χ2v) is 6.48. The van der Waals surface area contributed by atoms with Gasteiger partial charge in [0.05, 0.1) is 11.1 Å². The molecule has 3 rings (SSSR count). The van der Waals surface area contributed by atoms with Crippen LogP contribution in [0.3, 0.4) is 0 Å². The summed E-state index contributed by atoms with van der Waals surface area (Å²) in [4.78, 5) is 50.1. The van der Waals surface area contributed by atoms with Gasteiger partial charge in [-0.2, -0.15) is 0 Å². The molecule has 2 aromatic rings. The molecule has 2 aromatic carbocycles. The molecule has 2 amide bonds. The first kappa shape index (κ1) is 18.5. The van der Waals surface area contributed by atoms with Crippen molar-refractivity contribution in [3.63, 3.8) is 0 Å². The molecule has 0 saturated heterocycles. The van der Waals surface area contributed by atoms with Crippen molar-refractivity contribution in [2.75, 3.05) is 0 Å². The van der Waals surface area contributed by atoms with Gasteiger partial charge < -0.3 is 9.53 Å². The Kier molecular flexibility index (Phi) is 5.45. The van der Waals surface area contributed by atoms with Crippen LogP contribution >= 0.6 is 0 Å². The lowest BCUT2D eigenvalue weighted by Crippen LogP contribution is -2.46. The van der Waals surface area contributed by atoms with E-state index in [2.05, 4.69) is 0 Å². The number of carbonyl (C=O) groups is 4. The number of nitrogens with zero attached hydrogens (tertiary/aromatic N) is 1. The summed E-state index contributed by atoms with van der Waals surface area (Å²) in [5, 5.41) is 0. The zero-order valence-electron chi connectivity index (χ0n) is 14.8. The minimum atomic E-state index is -1.15. The Morgan fingerprint density at radius 2 is 1.56 bits per heavy atom. The number of amides is 2. The molecule has 0 saturated carbocycles. The Morgan fingerprint density at radius 1 is 1.00 bits per heavy atom. The maximum Gasteiger partial charge on any atom is 0.329 e. The van der Waals surface area contributed by atoms with Crippen molar-refractivity contribution in [1.82, 2.24) is 4.90 Å². The molecule has 1 aliphatic heterocycles. The van der Waals surface area contributed by atoms with Gasteiger partial charge >= 0.3 is 5.97 Å². The van der Waals surface area contributed by atoms with Gasteiger partial charge in [0.1, 0.15) is 18.9 Å². The molecule has 138 valence electrons. The SMILES string of the molecule is C[C@H](C=O)C[C@@H](C(=O)OCc1ccccc1)N1C(=O)c2ccccc2C1=O. The number of carbonyl (C=O) groups excluding carboxylic acids is 4. The van der Waals surface area contributed by atoms with Gasteiger partial charge in [0.25, 0.3) is 11.8 Å². The smallest absolute Gasteiger partial charge is 0.329 e. The molecular weight excluding hydrogens is 346 g/mol. The maximum atomic E-state index is 12.7. The number of ether oxygens (including phenoxy) is 1. The van der Waals surface area contributed by atoms with Crippen molar-refractivity contribution < 1.29 is 23.9 Å². The Hall–Kier alpha value is -3.28. The van der Waals surface area contributed by atoms with Crippen LogP contribution in [0.4, 0.5) is 0 Å². The number of benzene rings is 2. The van der Waals surface area contributed by atoms with Crippen LogP contribution in [-0.4, -0.2) is 35.0 Å². The largest absolute Gasteiger partial charge is 0.459 e. The van der Waals surface area contributed by atoms with Crippen LogP contribution < -0.4 is 0 Å². The van der Waals surface area contributed by atoms with E-state index in [-0.39, 0.29) is 24.2 Å². The Labute approximate surface area is 156 Å². The average molecular weight is 365 g/mol. The summed E-state index contributed by atoms with van der Waals surface area (Å²) in [6.07, 6.45) is 0.707. The van der Waals surface area contributed by atoms with Crippen LogP contribution in [0.2, 0.25) is 0 Å². The highest BCUT2D eigenvalue weighted by molar-refractivity contribution is 6.22. The lowest BCUT2D eigenvalue weighted by Gasteiger charge is -2.25. The number of imide groups is 1. The summed E-state index contributed by atoms with van der Waals surface area (Å²) in [6, 6.07) is 14.3. The molecule has 0 aromatic heterocycles. The zero-order valence-corrected chi connectivity index (χ0v) is 14.8. The van der Waals surface area contributed by atoms with Crippen LogP contribution in [0.25, 0.3) is 0 Å². The molecule has 0 N–H and O–H groups in total. The number of esters is 1. The molecule has 6 nitrogen and oxygen atoms in total. The number of rotatable bonds is 7. The van der Waals surface area contributed by atoms with Gasteiger partial charge in [0, 0.05) is 5.92 Å². The van der Waals surface area contributed by atoms with Crippen LogP contribution in [0.1, 0.15) is 39.6 Å². The normalized spacial score (nSPS) is 15.2. The molecule has 27 heavy (non-hydrogen) atoms. The maximum absolute atomic E-state index is 12.7. The van der Waals surface area contributed by atoms with E-state index in [4.69, 9.17) is 4.74 Å². The molecule has 2 atom stereocenters. The van der Waals surface area contributed by atoms with Crippen molar-refractivity contribution in [3.05, 3.63) is 71.3 Å². The highest BCUT2D eigenvalue weighted by atomic mass is 16.5. The Morgan fingerprint density at radius 3 is 2.11 bits per heavy atom. The average Bonchev–Trinajstić information content (AvgIpc) is 2.95. The first-order valence-corrected chi connectivity index (χ1v) is 8.65. The number of hydrogen-bond donors (Lipinski definition) is 0. The molecule has 0 radical (unpaired) electrons. The van der Waals surface area contributed by atoms with Crippen LogP contribution in [0.15, 0.2) is 54.6 Å². The van der Waals surface area contributed by atoms with Gasteiger partial charge in [0.15, 0.2) is 0 Å². The van der Waals surface area contributed by atoms with Crippen molar-refractivity contribution in [1.29, 1.82) is 0 Å². The summed E-state index contributed by atoms with van der Waals surface area (Å²) < 4.78 is 5.34. The molecule has 1 aliphatic rings. The molecule has 0 fully saturated rings. The van der Waals surface area contributed by atoms with E-state index in [1.54, 1.807) is 43.3 Å². The minimum absolute atomic E-state index is 0.0165. The van der Waals surface area contributed by atoms with Gasteiger partial charge in [-0.25, -0.2) is 4.79 Å². The van der Waals surface area contributed by atoms with Crippen LogP contribution in [0, 0.1) is 5.92 Å². The number of fused-ring (bicyclic) bond motifs is 1. The Balaban J connectivity index is 1.83. The number of hydrogen-bond acceptors (Lipinski definition) is 5. The van der Waals surface area contributed by atoms with E-state index >= 15 is 0 Å². The molecule has 6 heteroatoms. The van der Waals surface area contributed by atoms with E-state index in [0.29, 0.717) is 6.29 Å². The summed E-state index contributed by atoms with van der Waals surface area (Å²) in [7, 11) is 0. The number of aldehydes is 1. The van der Waals surface area contributed by atoms with Gasteiger partial charge in [-0.1, -0.05) is 49.4 Å². The van der Waals surface area contributed by atoms with Crippen molar-refractivity contribution >= 4 is 24.1 Å². The predicted molar refractivity (Wildman–Crippen MR) is 96.8 cm³/mol. The molecule has 1 heterocycles. The molecule has 0 aliphatic carbocycles. The summed E-state index contributed by atoms with van der Waals surface area (Å²) >= 11 is 0. The van der Waals surface area contributed by atoms with Gasteiger partial charge in [-0.05, 0) is 24.1 Å². The predicted octanol–water partition coefficient (Wildman–Crippen LogP) is 2.62. The second-order valence-electron chi connectivity index (χ2n) is 6.48. The van der Waals surface area contributed by atoms with Crippen molar-refractivity contribution in [2.24, 2.45) is 5.92 Å². The van der Waals surface area contributed by atoms with Gasteiger partial charge in [-0.15, -0.1) is 0 Å². The second kappa shape index (κ2) is 7.95. The zero-order chi connectivity index (χ0) is 19.4. The third kappa shape index (κ3) is 3.79. The van der Waals surface area contributed by atoms with E-state index in [9.17, 15) is 19.2 Å². The third-order valence-electron chi connectivity index (χ3n) is 4.46. The quantitative estimate of drug-likeness (QED) is 0.428. The lowest BCUT2D eigenvalue weighted by atomic mass is 10.0. The van der Waals surface area contributed by atoms with E-state index < -0.39 is 29.7 Å². The minimum Gasteiger partial charge on any atom is -0.459 e. The van der Waals surface area contributed by atoms with E-state index in [1.165, 1.54) is 0 Å². The van der Waals surface area contributed by atoms with E-state index in [1.807, 2.05) is 18.2 Å². The van der Waals surface area contributed by atoms with Crippen molar-refractivity contribution in [2.45, 2.75) is 26.0 Å². The lowest BCUT2D eigenvalue weighted by molar-refractivity contribution is -0.150. The summed E-state index contributed by atoms with van der Waals surface area (Å²) in [5.74, 6) is -2.31. The highest BCUT2D eigenvalue weighted by Gasteiger charge is 2.43. The third-order valence-corrected chi connectivity index (χ3v) is 4.46. The summed E-state index contributed by atoms with van der Waals surface area (Å²) in [5.41, 5.74) is 1.29. The fraction of sp³-hybridized carbons (Fsp3) is 0.238. The fourth-order valence-electron chi connectivity index (χ4n) is 3.03. The van der Waals surface area contributed by atoms with Crippen LogP contribution in [0.5, 0.6) is 0 Å². The molecule has 0 unspecified atom stereocenters. The molecular formula is C21H19NO5. The topological polar surface area (TPSA) is 80.8 Å². The first-order chi connectivity index (χ1) is 13.0. The van der Waals surface area contributed by atoms with Gasteiger partial charge in [0.2, 0.25) is 0 Å². The summed E-state index contributed by atoms with van der Waals surface area (Å²) in [6.45, 7) is 1.65. The van der Waals surface area contributed by atoms with Gasteiger partial charge in [-0.3, -0.25) is 14.5 Å². The molecule has 0 bridgehead atoms. The van der Waals surface area contributed by atoms with Crippen LogP contribution in [-0.2, 0) is 20.9 Å². The standard InChI is InChI=1S/C21H19NO5/c1-14(12-23)11-18(21(26)27-13-15-7-3-2-4-8-15)22-19(24)16-9-5-6-10-17(16)20(22)25/h2-10,12,14,18H,11,13H2,1H3/t14-,18-/m0/s1. The van der Waals surface area contributed by atoms with Crippen molar-refractivity contribution in [3.8, 4) is 0 Å². The highest BCUT2D eigenvalue weighted by Crippen LogP contribution is 2.27. The Bertz CT molecular complexity index is 842.